The highest BCUT2D eigenvalue weighted by molar-refractivity contribution is 7.92. The van der Waals surface area contributed by atoms with Crippen LogP contribution in [0.3, 0.4) is 0 Å². The van der Waals surface area contributed by atoms with Gasteiger partial charge in [0.1, 0.15) is 6.54 Å². The molecular formula is C25H22ClN3O5S2. The quantitative estimate of drug-likeness (QED) is 0.338. The number of aromatic nitrogens is 1. The molecule has 1 amide bonds. The third kappa shape index (κ3) is 5.84. The van der Waals surface area contributed by atoms with Crippen LogP contribution in [0.1, 0.15) is 22.8 Å². The highest BCUT2D eigenvalue weighted by Gasteiger charge is 2.16. The fourth-order valence-corrected chi connectivity index (χ4v) is 5.72. The molecule has 0 fully saturated rings. The number of carbonyl (C=O) groups is 2. The van der Waals surface area contributed by atoms with Gasteiger partial charge in [-0.05, 0) is 80.1 Å². The first kappa shape index (κ1) is 25.6. The molecule has 0 aliphatic heterocycles. The summed E-state index contributed by atoms with van der Waals surface area (Å²) >= 11 is 7.12. The number of ether oxygens (including phenoxy) is 1. The molecular weight excluding hydrogens is 522 g/mol. The molecule has 11 heteroatoms. The summed E-state index contributed by atoms with van der Waals surface area (Å²) in [6.45, 7) is 3.86. The van der Waals surface area contributed by atoms with E-state index in [-0.39, 0.29) is 29.3 Å². The standard InChI is InChI=1S/C25H22ClN3O5S2/c1-3-34-23(30)15-29-21-13-4-16(2)14-22(21)35-25(29)27-24(31)17-5-9-19(10-6-17)28-36(32,33)20-11-7-18(26)8-12-20/h4-14,28H,3,15H2,1-2H3. The molecule has 0 saturated heterocycles. The van der Waals surface area contributed by atoms with E-state index < -0.39 is 21.9 Å². The van der Waals surface area contributed by atoms with E-state index in [0.717, 1.165) is 15.8 Å². The number of sulfonamides is 1. The molecule has 186 valence electrons. The van der Waals surface area contributed by atoms with E-state index in [1.165, 1.54) is 59.9 Å². The monoisotopic (exact) mass is 543 g/mol. The second-order valence-electron chi connectivity index (χ2n) is 7.80. The van der Waals surface area contributed by atoms with Gasteiger partial charge in [-0.25, -0.2) is 8.42 Å². The van der Waals surface area contributed by atoms with Gasteiger partial charge in [-0.15, -0.1) is 0 Å². The van der Waals surface area contributed by atoms with Crippen molar-refractivity contribution in [1.82, 2.24) is 4.57 Å². The lowest BCUT2D eigenvalue weighted by atomic mass is 10.2. The summed E-state index contributed by atoms with van der Waals surface area (Å²) in [6.07, 6.45) is 0. The molecule has 4 rings (SSSR count). The number of esters is 1. The molecule has 1 aromatic heterocycles. The van der Waals surface area contributed by atoms with Gasteiger partial charge < -0.3 is 9.30 Å². The Balaban J connectivity index is 1.61. The zero-order valence-electron chi connectivity index (χ0n) is 19.4. The van der Waals surface area contributed by atoms with Crippen molar-refractivity contribution in [3.05, 3.63) is 87.7 Å². The molecule has 0 spiro atoms. The van der Waals surface area contributed by atoms with Gasteiger partial charge in [0.15, 0.2) is 4.80 Å². The number of thiazole rings is 1. The van der Waals surface area contributed by atoms with Crippen LogP contribution in [-0.2, 0) is 26.1 Å². The molecule has 0 aliphatic rings. The summed E-state index contributed by atoms with van der Waals surface area (Å²) in [5.74, 6) is -0.952. The molecule has 4 aromatic rings. The van der Waals surface area contributed by atoms with E-state index in [2.05, 4.69) is 9.71 Å². The Morgan fingerprint density at radius 1 is 1.06 bits per heavy atom. The van der Waals surface area contributed by atoms with Crippen molar-refractivity contribution in [1.29, 1.82) is 0 Å². The lowest BCUT2D eigenvalue weighted by Gasteiger charge is -2.08. The van der Waals surface area contributed by atoms with Crippen LogP contribution in [-0.4, -0.2) is 31.5 Å². The van der Waals surface area contributed by atoms with Crippen molar-refractivity contribution in [2.45, 2.75) is 25.3 Å². The molecule has 1 N–H and O–H groups in total. The van der Waals surface area contributed by atoms with Crippen LogP contribution in [0, 0.1) is 6.92 Å². The summed E-state index contributed by atoms with van der Waals surface area (Å²) in [6, 6.07) is 17.5. The smallest absolute Gasteiger partial charge is 0.326 e. The first-order chi connectivity index (χ1) is 17.2. The minimum absolute atomic E-state index is 0.0632. The van der Waals surface area contributed by atoms with Crippen LogP contribution in [0.15, 0.2) is 76.6 Å². The van der Waals surface area contributed by atoms with E-state index in [0.29, 0.717) is 9.82 Å². The molecule has 3 aromatic carbocycles. The largest absolute Gasteiger partial charge is 0.465 e. The van der Waals surface area contributed by atoms with Crippen LogP contribution in [0.2, 0.25) is 5.02 Å². The fraction of sp³-hybridized carbons (Fsp3) is 0.160. The zero-order chi connectivity index (χ0) is 25.9. The number of anilines is 1. The van der Waals surface area contributed by atoms with Crippen molar-refractivity contribution in [2.75, 3.05) is 11.3 Å². The maximum Gasteiger partial charge on any atom is 0.326 e. The Morgan fingerprint density at radius 3 is 2.42 bits per heavy atom. The topological polar surface area (TPSA) is 107 Å². The molecule has 0 bridgehead atoms. The number of fused-ring (bicyclic) bond motifs is 1. The molecule has 0 atom stereocenters. The van der Waals surface area contributed by atoms with Gasteiger partial charge >= 0.3 is 5.97 Å². The van der Waals surface area contributed by atoms with Gasteiger partial charge in [-0.1, -0.05) is 29.0 Å². The second-order valence-corrected chi connectivity index (χ2v) is 10.9. The van der Waals surface area contributed by atoms with Gasteiger partial charge in [-0.2, -0.15) is 4.99 Å². The first-order valence-electron chi connectivity index (χ1n) is 10.9. The number of amides is 1. The van der Waals surface area contributed by atoms with Crippen LogP contribution < -0.4 is 9.52 Å². The van der Waals surface area contributed by atoms with Crippen LogP contribution in [0.25, 0.3) is 10.2 Å². The Hall–Kier alpha value is -3.47. The number of hydrogen-bond donors (Lipinski definition) is 1. The lowest BCUT2D eigenvalue weighted by molar-refractivity contribution is -0.143. The second kappa shape index (κ2) is 10.7. The lowest BCUT2D eigenvalue weighted by Crippen LogP contribution is -2.23. The fourth-order valence-electron chi connectivity index (χ4n) is 3.41. The third-order valence-electron chi connectivity index (χ3n) is 5.14. The number of benzene rings is 3. The minimum Gasteiger partial charge on any atom is -0.465 e. The van der Waals surface area contributed by atoms with Crippen molar-refractivity contribution < 1.29 is 22.7 Å². The summed E-state index contributed by atoms with van der Waals surface area (Å²) in [4.78, 5) is 29.8. The number of nitrogens with zero attached hydrogens (tertiary/aromatic N) is 2. The molecule has 8 nitrogen and oxygen atoms in total. The van der Waals surface area contributed by atoms with Crippen molar-refractivity contribution in [2.24, 2.45) is 4.99 Å². The van der Waals surface area contributed by atoms with E-state index in [9.17, 15) is 18.0 Å². The van der Waals surface area contributed by atoms with E-state index in [1.807, 2.05) is 25.1 Å². The minimum atomic E-state index is -3.81. The summed E-state index contributed by atoms with van der Waals surface area (Å²) < 4.78 is 35.2. The Kier molecular flexibility index (Phi) is 7.58. The number of rotatable bonds is 7. The van der Waals surface area contributed by atoms with E-state index in [1.54, 1.807) is 11.5 Å². The molecule has 0 aliphatic carbocycles. The first-order valence-corrected chi connectivity index (χ1v) is 13.6. The molecule has 36 heavy (non-hydrogen) atoms. The Morgan fingerprint density at radius 2 is 1.75 bits per heavy atom. The zero-order valence-corrected chi connectivity index (χ0v) is 21.8. The van der Waals surface area contributed by atoms with Gasteiger partial charge in [-0.3, -0.25) is 14.3 Å². The summed E-state index contributed by atoms with van der Waals surface area (Å²) in [5, 5.41) is 0.429. The van der Waals surface area contributed by atoms with Crippen LogP contribution in [0.5, 0.6) is 0 Å². The van der Waals surface area contributed by atoms with Gasteiger partial charge in [0, 0.05) is 16.3 Å². The third-order valence-corrected chi connectivity index (χ3v) is 7.83. The average Bonchev–Trinajstić information content (AvgIpc) is 3.15. The van der Waals surface area contributed by atoms with E-state index >= 15 is 0 Å². The van der Waals surface area contributed by atoms with Gasteiger partial charge in [0.2, 0.25) is 0 Å². The Labute approximate surface area is 216 Å². The van der Waals surface area contributed by atoms with Gasteiger partial charge in [0.05, 0.1) is 21.7 Å². The van der Waals surface area contributed by atoms with Crippen molar-refractivity contribution in [3.63, 3.8) is 0 Å². The molecule has 0 saturated carbocycles. The number of aryl methyl sites for hydroxylation is 1. The number of carbonyl (C=O) groups excluding carboxylic acids is 2. The maximum absolute atomic E-state index is 12.9. The van der Waals surface area contributed by atoms with Crippen molar-refractivity contribution >= 4 is 60.7 Å². The summed E-state index contributed by atoms with van der Waals surface area (Å²) in [5.41, 5.74) is 2.37. The van der Waals surface area contributed by atoms with E-state index in [4.69, 9.17) is 16.3 Å². The van der Waals surface area contributed by atoms with Gasteiger partial charge in [0.25, 0.3) is 15.9 Å². The molecule has 1 heterocycles. The summed E-state index contributed by atoms with van der Waals surface area (Å²) in [7, 11) is -3.81. The Bertz CT molecular complexity index is 1610. The molecule has 0 radical (unpaired) electrons. The predicted octanol–water partition coefficient (Wildman–Crippen LogP) is 4.77. The average molecular weight is 544 g/mol. The highest BCUT2D eigenvalue weighted by atomic mass is 35.5. The molecule has 0 unspecified atom stereocenters. The number of nitrogens with one attached hydrogen (secondary N) is 1. The normalized spacial score (nSPS) is 12.0. The van der Waals surface area contributed by atoms with Crippen LogP contribution >= 0.6 is 22.9 Å². The highest BCUT2D eigenvalue weighted by Crippen LogP contribution is 2.21. The number of hydrogen-bond acceptors (Lipinski definition) is 6. The maximum atomic E-state index is 12.9. The predicted molar refractivity (Wildman–Crippen MR) is 140 cm³/mol. The van der Waals surface area contributed by atoms with Crippen molar-refractivity contribution in [3.8, 4) is 0 Å². The number of halogens is 1. The SMILES string of the molecule is CCOC(=O)Cn1c(=NC(=O)c2ccc(NS(=O)(=O)c3ccc(Cl)cc3)cc2)sc2cc(C)ccc21. The van der Waals surface area contributed by atoms with Crippen LogP contribution in [0.4, 0.5) is 5.69 Å².